The van der Waals surface area contributed by atoms with E-state index in [0.717, 1.165) is 24.0 Å². The highest BCUT2D eigenvalue weighted by Gasteiger charge is 2.38. The number of amides is 1. The van der Waals surface area contributed by atoms with Crippen LogP contribution in [0.5, 0.6) is 5.75 Å². The molecule has 1 aliphatic rings. The SMILES string of the molecule is COc1ccccc1C(=O)NCC1(c2ccccc2)CCC(NS(=O)(=O)N(C)CCc2ccncc2)CC1. The summed E-state index contributed by atoms with van der Waals surface area (Å²) in [5, 5.41) is 3.13. The van der Waals surface area contributed by atoms with Crippen LogP contribution in [0.4, 0.5) is 0 Å². The molecule has 1 heterocycles. The Balaban J connectivity index is 1.40. The van der Waals surface area contributed by atoms with Crippen molar-refractivity contribution in [3.05, 3.63) is 95.8 Å². The first-order valence-corrected chi connectivity index (χ1v) is 14.4. The molecule has 8 nitrogen and oxygen atoms in total. The molecule has 0 unspecified atom stereocenters. The first-order chi connectivity index (χ1) is 18.3. The summed E-state index contributed by atoms with van der Waals surface area (Å²) in [5.74, 6) is 0.348. The largest absolute Gasteiger partial charge is 0.496 e. The number of pyridine rings is 1. The van der Waals surface area contributed by atoms with Gasteiger partial charge in [0.2, 0.25) is 0 Å². The van der Waals surface area contributed by atoms with Crippen molar-refractivity contribution >= 4 is 16.1 Å². The summed E-state index contributed by atoms with van der Waals surface area (Å²) in [6.45, 7) is 0.841. The van der Waals surface area contributed by atoms with Gasteiger partial charge in [0, 0.05) is 44.0 Å². The lowest BCUT2D eigenvalue weighted by Crippen LogP contribution is -2.50. The van der Waals surface area contributed by atoms with Crippen LogP contribution in [0.15, 0.2) is 79.1 Å². The van der Waals surface area contributed by atoms with Crippen LogP contribution in [0.3, 0.4) is 0 Å². The summed E-state index contributed by atoms with van der Waals surface area (Å²) in [5.41, 5.74) is 2.40. The molecular weight excluding hydrogens is 500 g/mol. The molecule has 1 aromatic heterocycles. The Labute approximate surface area is 225 Å². The van der Waals surface area contributed by atoms with Crippen molar-refractivity contribution < 1.29 is 17.9 Å². The first kappa shape index (κ1) is 27.8. The number of likely N-dealkylation sites (N-methyl/N-ethyl adjacent to an activating group) is 1. The lowest BCUT2D eigenvalue weighted by atomic mass is 9.68. The molecule has 202 valence electrons. The van der Waals surface area contributed by atoms with Crippen molar-refractivity contribution in [1.82, 2.24) is 19.3 Å². The van der Waals surface area contributed by atoms with Crippen molar-refractivity contribution in [2.24, 2.45) is 0 Å². The fourth-order valence-electron chi connectivity index (χ4n) is 5.08. The third kappa shape index (κ3) is 6.78. The van der Waals surface area contributed by atoms with Gasteiger partial charge in [0.15, 0.2) is 0 Å². The molecule has 1 aliphatic carbocycles. The number of benzene rings is 2. The Morgan fingerprint density at radius 2 is 1.68 bits per heavy atom. The van der Waals surface area contributed by atoms with Crippen LogP contribution >= 0.6 is 0 Å². The van der Waals surface area contributed by atoms with Crippen molar-refractivity contribution in [2.45, 2.75) is 43.6 Å². The van der Waals surface area contributed by atoms with E-state index >= 15 is 0 Å². The number of methoxy groups -OCH3 is 1. The van der Waals surface area contributed by atoms with Gasteiger partial charge in [-0.1, -0.05) is 42.5 Å². The van der Waals surface area contributed by atoms with Gasteiger partial charge >= 0.3 is 0 Å². The number of nitrogens with zero attached hydrogens (tertiary/aromatic N) is 2. The summed E-state index contributed by atoms with van der Waals surface area (Å²) in [6.07, 6.45) is 6.89. The predicted octanol–water partition coefficient (Wildman–Crippen LogP) is 3.71. The summed E-state index contributed by atoms with van der Waals surface area (Å²) in [6, 6.07) is 21.0. The molecular formula is C29H36N4O4S. The predicted molar refractivity (Wildman–Crippen MR) is 148 cm³/mol. The lowest BCUT2D eigenvalue weighted by molar-refractivity contribution is 0.0932. The molecule has 38 heavy (non-hydrogen) atoms. The van der Waals surface area contributed by atoms with E-state index in [2.05, 4.69) is 27.2 Å². The molecule has 0 saturated heterocycles. The summed E-state index contributed by atoms with van der Waals surface area (Å²) in [7, 11) is -0.460. The van der Waals surface area contributed by atoms with E-state index in [0.29, 0.717) is 43.7 Å². The molecule has 0 atom stereocenters. The number of hydrogen-bond donors (Lipinski definition) is 2. The highest BCUT2D eigenvalue weighted by Crippen LogP contribution is 2.39. The number of rotatable bonds is 11. The molecule has 2 N–H and O–H groups in total. The van der Waals surface area contributed by atoms with Crippen LogP contribution in [-0.4, -0.2) is 56.9 Å². The van der Waals surface area contributed by atoms with E-state index in [1.165, 1.54) is 4.31 Å². The van der Waals surface area contributed by atoms with Gasteiger partial charge in [-0.2, -0.15) is 17.4 Å². The maximum absolute atomic E-state index is 13.0. The number of nitrogens with one attached hydrogen (secondary N) is 2. The third-order valence-corrected chi connectivity index (χ3v) is 9.09. The first-order valence-electron chi connectivity index (χ1n) is 12.9. The number of aromatic nitrogens is 1. The smallest absolute Gasteiger partial charge is 0.279 e. The monoisotopic (exact) mass is 536 g/mol. The topological polar surface area (TPSA) is 101 Å². The number of carbonyl (C=O) groups excluding carboxylic acids is 1. The maximum Gasteiger partial charge on any atom is 0.279 e. The van der Waals surface area contributed by atoms with E-state index in [-0.39, 0.29) is 17.4 Å². The Hall–Kier alpha value is -3.27. The van der Waals surface area contributed by atoms with Gasteiger partial charge in [0.25, 0.3) is 16.1 Å². The maximum atomic E-state index is 13.0. The van der Waals surface area contributed by atoms with Gasteiger partial charge in [0.05, 0.1) is 12.7 Å². The van der Waals surface area contributed by atoms with Crippen molar-refractivity contribution in [3.63, 3.8) is 0 Å². The number of para-hydroxylation sites is 1. The summed E-state index contributed by atoms with van der Waals surface area (Å²) >= 11 is 0. The zero-order chi connectivity index (χ0) is 27.0. The van der Waals surface area contributed by atoms with Crippen LogP contribution in [0.2, 0.25) is 0 Å². The Kier molecular flexibility index (Phi) is 9.14. The molecule has 0 aliphatic heterocycles. The average Bonchev–Trinajstić information content (AvgIpc) is 2.96. The minimum atomic E-state index is -3.62. The Morgan fingerprint density at radius 3 is 2.37 bits per heavy atom. The molecule has 9 heteroatoms. The van der Waals surface area contributed by atoms with Crippen LogP contribution in [-0.2, 0) is 22.0 Å². The van der Waals surface area contributed by atoms with Crippen LogP contribution < -0.4 is 14.8 Å². The highest BCUT2D eigenvalue weighted by atomic mass is 32.2. The normalized spacial score (nSPS) is 19.7. The second kappa shape index (κ2) is 12.5. The van der Waals surface area contributed by atoms with E-state index in [1.54, 1.807) is 38.7 Å². The van der Waals surface area contributed by atoms with Gasteiger partial charge in [-0.05, 0) is 67.5 Å². The molecule has 0 bridgehead atoms. The molecule has 1 saturated carbocycles. The minimum absolute atomic E-state index is 0.162. The molecule has 4 rings (SSSR count). The molecule has 0 spiro atoms. The minimum Gasteiger partial charge on any atom is -0.496 e. The molecule has 3 aromatic rings. The number of hydrogen-bond acceptors (Lipinski definition) is 5. The van der Waals surface area contributed by atoms with Gasteiger partial charge in [0.1, 0.15) is 5.75 Å². The van der Waals surface area contributed by atoms with E-state index in [9.17, 15) is 13.2 Å². The van der Waals surface area contributed by atoms with E-state index < -0.39 is 10.2 Å². The van der Waals surface area contributed by atoms with Crippen LogP contribution in [0, 0.1) is 0 Å². The van der Waals surface area contributed by atoms with Gasteiger partial charge in [-0.15, -0.1) is 0 Å². The third-order valence-electron chi connectivity index (χ3n) is 7.46. The quantitative estimate of drug-likeness (QED) is 0.389. The summed E-state index contributed by atoms with van der Waals surface area (Å²) < 4.78 is 35.7. The summed E-state index contributed by atoms with van der Waals surface area (Å²) in [4.78, 5) is 17.0. The fraction of sp³-hybridized carbons (Fsp3) is 0.379. The van der Waals surface area contributed by atoms with Gasteiger partial charge < -0.3 is 10.1 Å². The van der Waals surface area contributed by atoms with Crippen LogP contribution in [0.1, 0.15) is 47.2 Å². The standard InChI is InChI=1S/C29H36N4O4S/c1-33(21-16-23-14-19-30-20-15-23)38(35,36)32-25-12-17-29(18-13-25,24-8-4-3-5-9-24)22-31-28(34)26-10-6-7-11-27(26)37-2/h3-11,14-15,19-20,25,32H,12-13,16-18,21-22H2,1-2H3,(H,31,34). The Morgan fingerprint density at radius 1 is 1.03 bits per heavy atom. The molecule has 1 fully saturated rings. The average molecular weight is 537 g/mol. The Bertz CT molecular complexity index is 1290. The second-order valence-electron chi connectivity index (χ2n) is 9.85. The van der Waals surface area contributed by atoms with Crippen molar-refractivity contribution in [1.29, 1.82) is 0 Å². The van der Waals surface area contributed by atoms with E-state index in [4.69, 9.17) is 4.74 Å². The molecule has 0 radical (unpaired) electrons. The zero-order valence-corrected chi connectivity index (χ0v) is 22.8. The van der Waals surface area contributed by atoms with Crippen molar-refractivity contribution in [2.75, 3.05) is 27.2 Å². The highest BCUT2D eigenvalue weighted by molar-refractivity contribution is 7.87. The fourth-order valence-corrected chi connectivity index (χ4v) is 6.25. The zero-order valence-electron chi connectivity index (χ0n) is 22.0. The van der Waals surface area contributed by atoms with Crippen molar-refractivity contribution in [3.8, 4) is 5.75 Å². The second-order valence-corrected chi connectivity index (χ2v) is 11.7. The number of ether oxygens (including phenoxy) is 1. The molecule has 2 aromatic carbocycles. The van der Waals surface area contributed by atoms with Gasteiger partial charge in [-0.25, -0.2) is 0 Å². The number of carbonyl (C=O) groups is 1. The lowest BCUT2D eigenvalue weighted by Gasteiger charge is -2.41. The van der Waals surface area contributed by atoms with Crippen LogP contribution in [0.25, 0.3) is 0 Å². The molecule has 1 amide bonds. The van der Waals surface area contributed by atoms with E-state index in [1.807, 2.05) is 42.5 Å². The van der Waals surface area contributed by atoms with Gasteiger partial charge in [-0.3, -0.25) is 9.78 Å².